The molecule has 0 unspecified atom stereocenters. The van der Waals surface area contributed by atoms with Gasteiger partial charge in [-0.3, -0.25) is 0 Å². The summed E-state index contributed by atoms with van der Waals surface area (Å²) in [7, 11) is 0. The molecule has 1 aromatic carbocycles. The first kappa shape index (κ1) is 13.1. The lowest BCUT2D eigenvalue weighted by atomic mass is 10.3. The summed E-state index contributed by atoms with van der Waals surface area (Å²) in [5, 5.41) is 29.0. The minimum Gasteiger partial charge on any atom is -0.187 e. The summed E-state index contributed by atoms with van der Waals surface area (Å²) in [4.78, 5) is 0. The molecule has 0 saturated carbocycles. The zero-order valence-corrected chi connectivity index (χ0v) is 12.3. The number of halogens is 1. The average molecular weight is 332 g/mol. The Morgan fingerprint density at radius 1 is 0.909 bits per heavy atom. The van der Waals surface area contributed by atoms with E-state index in [2.05, 4.69) is 36.1 Å². The molecular formula is C11H6ClN9S. The van der Waals surface area contributed by atoms with Gasteiger partial charge in [-0.15, -0.1) is 19.9 Å². The smallest absolute Gasteiger partial charge is 0.187 e. The number of benzene rings is 1. The molecule has 0 fully saturated rings. The van der Waals surface area contributed by atoms with Crippen LogP contribution in [0, 0.1) is 0 Å². The Labute approximate surface area is 132 Å². The number of fused-ring (bicyclic) bond motifs is 1. The predicted molar refractivity (Wildman–Crippen MR) is 76.9 cm³/mol. The lowest BCUT2D eigenvalue weighted by Gasteiger charge is -2.03. The summed E-state index contributed by atoms with van der Waals surface area (Å²) in [6.45, 7) is 0. The van der Waals surface area contributed by atoms with Gasteiger partial charge in [0.15, 0.2) is 5.65 Å². The third kappa shape index (κ3) is 2.38. The van der Waals surface area contributed by atoms with E-state index in [4.69, 9.17) is 11.6 Å². The molecule has 9 nitrogen and oxygen atoms in total. The summed E-state index contributed by atoms with van der Waals surface area (Å²) in [5.41, 5.74) is 1.38. The van der Waals surface area contributed by atoms with Gasteiger partial charge in [-0.1, -0.05) is 11.6 Å². The third-order valence-corrected chi connectivity index (χ3v) is 3.87. The molecule has 0 amide bonds. The zero-order chi connectivity index (χ0) is 14.9. The van der Waals surface area contributed by atoms with Gasteiger partial charge in [0.25, 0.3) is 0 Å². The fraction of sp³-hybridized carbons (Fsp3) is 0. The molecule has 0 aliphatic heterocycles. The van der Waals surface area contributed by atoms with E-state index < -0.39 is 0 Å². The van der Waals surface area contributed by atoms with Crippen molar-refractivity contribution in [3.8, 4) is 5.69 Å². The second kappa shape index (κ2) is 5.31. The molecule has 108 valence electrons. The second-order valence-corrected chi connectivity index (χ2v) is 5.57. The van der Waals surface area contributed by atoms with Crippen molar-refractivity contribution < 1.29 is 0 Å². The number of rotatable bonds is 3. The first-order valence-corrected chi connectivity index (χ1v) is 7.27. The maximum Gasteiger partial charge on any atom is 0.220 e. The Morgan fingerprint density at radius 3 is 2.59 bits per heavy atom. The highest BCUT2D eigenvalue weighted by Gasteiger charge is 2.12. The van der Waals surface area contributed by atoms with E-state index in [9.17, 15) is 0 Å². The lowest BCUT2D eigenvalue weighted by Crippen LogP contribution is -2.00. The minimum atomic E-state index is 0.571. The van der Waals surface area contributed by atoms with Crippen molar-refractivity contribution in [2.75, 3.05) is 0 Å². The van der Waals surface area contributed by atoms with Gasteiger partial charge in [0.05, 0.1) is 5.69 Å². The van der Waals surface area contributed by atoms with Crippen LogP contribution in [0.1, 0.15) is 0 Å². The number of hydrogen-bond donors (Lipinski definition) is 0. The molecule has 0 radical (unpaired) electrons. The highest BCUT2D eigenvalue weighted by Crippen LogP contribution is 2.25. The highest BCUT2D eigenvalue weighted by atomic mass is 35.5. The van der Waals surface area contributed by atoms with Crippen LogP contribution in [0.15, 0.2) is 46.6 Å². The first-order chi connectivity index (χ1) is 10.8. The topological polar surface area (TPSA) is 99.6 Å². The van der Waals surface area contributed by atoms with Gasteiger partial charge >= 0.3 is 0 Å². The maximum atomic E-state index is 5.89. The molecule has 0 aliphatic rings. The summed E-state index contributed by atoms with van der Waals surface area (Å²) in [6.07, 6.45) is 0. The molecule has 0 spiro atoms. The van der Waals surface area contributed by atoms with Crippen molar-refractivity contribution in [3.05, 3.63) is 41.4 Å². The van der Waals surface area contributed by atoms with Crippen LogP contribution in [0.2, 0.25) is 5.02 Å². The van der Waals surface area contributed by atoms with Gasteiger partial charge in [0.2, 0.25) is 5.16 Å². The number of tetrazole rings is 2. The zero-order valence-electron chi connectivity index (χ0n) is 10.8. The Balaban J connectivity index is 1.68. The Bertz CT molecular complexity index is 932. The van der Waals surface area contributed by atoms with E-state index in [1.807, 2.05) is 12.1 Å². The Morgan fingerprint density at radius 2 is 1.73 bits per heavy atom. The van der Waals surface area contributed by atoms with Crippen LogP contribution < -0.4 is 0 Å². The van der Waals surface area contributed by atoms with Crippen molar-refractivity contribution in [2.24, 2.45) is 0 Å². The molecule has 4 aromatic rings. The molecule has 0 aliphatic carbocycles. The van der Waals surface area contributed by atoms with E-state index in [1.54, 1.807) is 28.9 Å². The standard InChI is InChI=1S/C11H6ClN9S/c12-7-1-3-8(4-2-7)20-11(14-17-18-20)22-10-6-5-9-13-16-19-21(9)15-10/h1-6H. The predicted octanol–water partition coefficient (Wildman–Crippen LogP) is 1.30. The lowest BCUT2D eigenvalue weighted by molar-refractivity contribution is 0.700. The molecule has 3 heterocycles. The van der Waals surface area contributed by atoms with Crippen LogP contribution in [-0.2, 0) is 0 Å². The fourth-order valence-electron chi connectivity index (χ4n) is 1.77. The first-order valence-electron chi connectivity index (χ1n) is 6.07. The molecule has 22 heavy (non-hydrogen) atoms. The molecule has 3 aromatic heterocycles. The van der Waals surface area contributed by atoms with E-state index in [1.165, 1.54) is 16.4 Å². The average Bonchev–Trinajstić information content (AvgIpc) is 3.17. The van der Waals surface area contributed by atoms with Crippen LogP contribution in [0.25, 0.3) is 11.3 Å². The van der Waals surface area contributed by atoms with Crippen LogP contribution in [0.5, 0.6) is 0 Å². The monoisotopic (exact) mass is 331 g/mol. The van der Waals surface area contributed by atoms with Gasteiger partial charge in [-0.2, -0.15) is 4.68 Å². The molecule has 0 atom stereocenters. The van der Waals surface area contributed by atoms with Crippen molar-refractivity contribution in [3.63, 3.8) is 0 Å². The largest absolute Gasteiger partial charge is 0.220 e. The summed E-state index contributed by atoms with van der Waals surface area (Å²) in [6, 6.07) is 10.8. The van der Waals surface area contributed by atoms with E-state index in [0.717, 1.165) is 5.69 Å². The molecule has 4 rings (SSSR count). The Hall–Kier alpha value is -2.59. The van der Waals surface area contributed by atoms with Crippen LogP contribution in [-0.4, -0.2) is 45.5 Å². The molecule has 11 heteroatoms. The molecule has 0 N–H and O–H groups in total. The van der Waals surface area contributed by atoms with Gasteiger partial charge in [-0.25, -0.2) is 0 Å². The molecular weight excluding hydrogens is 326 g/mol. The van der Waals surface area contributed by atoms with E-state index in [0.29, 0.717) is 20.9 Å². The van der Waals surface area contributed by atoms with Gasteiger partial charge in [0.1, 0.15) is 5.03 Å². The second-order valence-electron chi connectivity index (χ2n) is 4.15. The molecule has 0 bridgehead atoms. The van der Waals surface area contributed by atoms with Crippen molar-refractivity contribution >= 4 is 29.0 Å². The SMILES string of the molecule is Clc1ccc(-n2nnnc2Sc2ccc3nnnn3n2)cc1. The summed E-state index contributed by atoms with van der Waals surface area (Å²) < 4.78 is 2.95. The van der Waals surface area contributed by atoms with Gasteiger partial charge in [0, 0.05) is 5.02 Å². The van der Waals surface area contributed by atoms with Crippen molar-refractivity contribution in [1.82, 2.24) is 45.5 Å². The third-order valence-electron chi connectivity index (χ3n) is 2.75. The van der Waals surface area contributed by atoms with E-state index >= 15 is 0 Å². The minimum absolute atomic E-state index is 0.571. The highest BCUT2D eigenvalue weighted by molar-refractivity contribution is 7.99. The maximum absolute atomic E-state index is 5.89. The van der Waals surface area contributed by atoms with Crippen molar-refractivity contribution in [1.29, 1.82) is 0 Å². The quantitative estimate of drug-likeness (QED) is 0.554. The molecule has 0 saturated heterocycles. The normalized spacial score (nSPS) is 11.1. The number of aromatic nitrogens is 9. The van der Waals surface area contributed by atoms with Crippen molar-refractivity contribution in [2.45, 2.75) is 10.2 Å². The number of nitrogens with zero attached hydrogens (tertiary/aromatic N) is 9. The van der Waals surface area contributed by atoms with Crippen LogP contribution >= 0.6 is 23.4 Å². The number of hydrogen-bond acceptors (Lipinski definition) is 8. The van der Waals surface area contributed by atoms with Gasteiger partial charge < -0.3 is 0 Å². The van der Waals surface area contributed by atoms with Crippen LogP contribution in [0.4, 0.5) is 0 Å². The van der Waals surface area contributed by atoms with Gasteiger partial charge in [-0.05, 0) is 69.0 Å². The fourth-order valence-corrected chi connectivity index (χ4v) is 2.64. The van der Waals surface area contributed by atoms with Crippen LogP contribution in [0.3, 0.4) is 0 Å². The van der Waals surface area contributed by atoms with E-state index in [-0.39, 0.29) is 0 Å². The summed E-state index contributed by atoms with van der Waals surface area (Å²) >= 11 is 7.19. The summed E-state index contributed by atoms with van der Waals surface area (Å²) in [5.74, 6) is 0. The Kier molecular flexibility index (Phi) is 3.16.